The van der Waals surface area contributed by atoms with E-state index in [0.717, 1.165) is 52.8 Å². The summed E-state index contributed by atoms with van der Waals surface area (Å²) in [5.41, 5.74) is 2.39. The Bertz CT molecular complexity index is 2800. The van der Waals surface area contributed by atoms with Gasteiger partial charge in [-0.05, 0) is 65.1 Å². The highest BCUT2D eigenvalue weighted by Crippen LogP contribution is 2.44. The summed E-state index contributed by atoms with van der Waals surface area (Å²) >= 11 is 0. The fourth-order valence-corrected chi connectivity index (χ4v) is 11.0. The minimum Gasteiger partial charge on any atom is -0.304 e. The Morgan fingerprint density at radius 1 is 0.635 bits per heavy atom. The molecule has 1 aliphatic carbocycles. The monoisotopic (exact) mass is 878 g/mol. The van der Waals surface area contributed by atoms with E-state index in [1.54, 1.807) is 10.7 Å². The highest BCUT2D eigenvalue weighted by atomic mass is 32.2. The molecule has 6 aromatic carbocycles. The molecular formula is C49H40F6N4O3S. The van der Waals surface area contributed by atoms with Crippen molar-refractivity contribution in [1.29, 1.82) is 0 Å². The van der Waals surface area contributed by atoms with Crippen LogP contribution in [-0.2, 0) is 26.9 Å². The molecule has 14 heteroatoms. The van der Waals surface area contributed by atoms with Gasteiger partial charge in [0.15, 0.2) is 34.0 Å². The van der Waals surface area contributed by atoms with Crippen LogP contribution in [0.1, 0.15) is 72.3 Å². The number of amides is 1. The normalized spacial score (nSPS) is 16.3. The van der Waals surface area contributed by atoms with Gasteiger partial charge in [-0.25, -0.2) is 39.4 Å². The third-order valence-corrected chi connectivity index (χ3v) is 14.4. The van der Waals surface area contributed by atoms with Crippen LogP contribution < -0.4 is 4.90 Å². The molecule has 63 heavy (non-hydrogen) atoms. The van der Waals surface area contributed by atoms with Crippen LogP contribution in [0.2, 0.25) is 0 Å². The maximum atomic E-state index is 18.1. The van der Waals surface area contributed by atoms with E-state index in [1.807, 2.05) is 115 Å². The van der Waals surface area contributed by atoms with Gasteiger partial charge in [0, 0.05) is 11.9 Å². The van der Waals surface area contributed by atoms with E-state index in [2.05, 4.69) is 0 Å². The molecule has 7 aromatic rings. The first kappa shape index (κ1) is 42.1. The number of carbonyl (C=O) groups excluding carboxylic acids is 1. The number of aromatic nitrogens is 2. The predicted molar refractivity (Wildman–Crippen MR) is 226 cm³/mol. The van der Waals surface area contributed by atoms with Crippen LogP contribution in [0, 0.1) is 34.9 Å². The zero-order chi connectivity index (χ0) is 44.0. The number of rotatable bonds is 11. The Kier molecular flexibility index (Phi) is 11.2. The van der Waals surface area contributed by atoms with Gasteiger partial charge in [-0.3, -0.25) is 4.79 Å². The Labute approximate surface area is 360 Å². The lowest BCUT2D eigenvalue weighted by molar-refractivity contribution is -0.125. The van der Waals surface area contributed by atoms with Crippen molar-refractivity contribution in [2.45, 2.75) is 67.5 Å². The van der Waals surface area contributed by atoms with Gasteiger partial charge in [0.2, 0.25) is 21.7 Å². The zero-order valence-corrected chi connectivity index (χ0v) is 34.5. The van der Waals surface area contributed by atoms with E-state index < -0.39 is 73.9 Å². The van der Waals surface area contributed by atoms with Crippen molar-refractivity contribution in [1.82, 2.24) is 14.1 Å². The third-order valence-electron chi connectivity index (χ3n) is 12.5. The third kappa shape index (κ3) is 7.09. The molecule has 0 spiro atoms. The van der Waals surface area contributed by atoms with Gasteiger partial charge in [-0.2, -0.15) is 9.40 Å². The number of carbonyl (C=O) groups is 1. The van der Waals surface area contributed by atoms with Crippen molar-refractivity contribution < 1.29 is 39.6 Å². The number of hydrogen-bond acceptors (Lipinski definition) is 4. The SMILES string of the molecule is O=C(C1CCN1S(=O)(=O)c1c(F)c(F)c(F)c(F)c1F)N(Cc1ccc(C2CCCCC2)cc1)c1ccc2cnn(C(c3ccccc3)(c3ccccc3)c3ccccc3)c2c1F. The molecule has 9 rings (SSSR count). The Morgan fingerprint density at radius 2 is 1.16 bits per heavy atom. The van der Waals surface area contributed by atoms with Crippen LogP contribution in [-0.4, -0.2) is 41.0 Å². The average Bonchev–Trinajstić information content (AvgIpc) is 3.74. The second-order valence-electron chi connectivity index (χ2n) is 16.0. The number of nitrogens with zero attached hydrogens (tertiary/aromatic N) is 4. The minimum atomic E-state index is -5.50. The van der Waals surface area contributed by atoms with Crippen molar-refractivity contribution in [3.63, 3.8) is 0 Å². The lowest BCUT2D eigenvalue weighted by Crippen LogP contribution is -2.59. The van der Waals surface area contributed by atoms with Gasteiger partial charge in [0.25, 0.3) is 0 Å². The zero-order valence-electron chi connectivity index (χ0n) is 33.7. The summed E-state index contributed by atoms with van der Waals surface area (Å²) in [6.07, 6.45) is 6.79. The second-order valence-corrected chi connectivity index (χ2v) is 17.8. The van der Waals surface area contributed by atoms with Gasteiger partial charge in [0.1, 0.15) is 17.1 Å². The fraction of sp³-hybridized carbons (Fsp3) is 0.224. The van der Waals surface area contributed by atoms with E-state index in [9.17, 15) is 26.4 Å². The molecule has 1 aromatic heterocycles. The van der Waals surface area contributed by atoms with Gasteiger partial charge in [-0.15, -0.1) is 0 Å². The highest BCUT2D eigenvalue weighted by Gasteiger charge is 2.49. The summed E-state index contributed by atoms with van der Waals surface area (Å²) in [7, 11) is -5.50. The summed E-state index contributed by atoms with van der Waals surface area (Å²) < 4.78 is 120. The number of benzene rings is 6. The molecule has 1 saturated carbocycles. The number of halogens is 6. The predicted octanol–water partition coefficient (Wildman–Crippen LogP) is 10.8. The molecule has 2 aliphatic rings. The first-order valence-electron chi connectivity index (χ1n) is 20.7. The standard InChI is InChI=1S/C49H40F6N4O3S/c50-40-38(26-25-34-29-56-59(46(34)40)49(35-15-7-2-8-16-35,36-17-9-3-10-18-36)37-19-11-4-12-20-37)57(30-31-21-23-33(24-22-31)32-13-5-1-6-14-32)48(60)39-27-28-58(39)63(61,62)47-44(54)42(52)41(51)43(53)45(47)55/h2-4,7-12,15-26,29,32,39H,1,5-6,13-14,27-28,30H2. The molecule has 1 atom stereocenters. The van der Waals surface area contributed by atoms with Crippen LogP contribution in [0.4, 0.5) is 32.0 Å². The van der Waals surface area contributed by atoms with E-state index in [1.165, 1.54) is 18.7 Å². The smallest absolute Gasteiger partial charge is 0.249 e. The quantitative estimate of drug-likeness (QED) is 0.0561. The molecule has 2 fully saturated rings. The number of fused-ring (bicyclic) bond motifs is 1. The molecule has 0 radical (unpaired) electrons. The van der Waals surface area contributed by atoms with Crippen LogP contribution in [0.25, 0.3) is 10.9 Å². The highest BCUT2D eigenvalue weighted by molar-refractivity contribution is 7.89. The van der Waals surface area contributed by atoms with Gasteiger partial charge >= 0.3 is 0 Å². The number of sulfonamides is 1. The second kappa shape index (κ2) is 16.8. The lowest BCUT2D eigenvalue weighted by Gasteiger charge is -2.41. The first-order valence-corrected chi connectivity index (χ1v) is 22.1. The topological polar surface area (TPSA) is 75.5 Å². The number of hydrogen-bond donors (Lipinski definition) is 0. The van der Waals surface area contributed by atoms with E-state index >= 15 is 13.2 Å². The fourth-order valence-electron chi connectivity index (χ4n) is 9.24. The van der Waals surface area contributed by atoms with Crippen LogP contribution >= 0.6 is 0 Å². The molecule has 1 aliphatic heterocycles. The van der Waals surface area contributed by atoms with Gasteiger partial charge < -0.3 is 4.90 Å². The van der Waals surface area contributed by atoms with Gasteiger partial charge in [0.05, 0.1) is 18.4 Å². The van der Waals surface area contributed by atoms with Crippen LogP contribution in [0.15, 0.2) is 138 Å². The van der Waals surface area contributed by atoms with E-state index in [0.29, 0.717) is 21.2 Å². The van der Waals surface area contributed by atoms with Crippen molar-refractivity contribution in [3.05, 3.63) is 196 Å². The van der Waals surface area contributed by atoms with Crippen molar-refractivity contribution >= 4 is 32.5 Å². The van der Waals surface area contributed by atoms with Gasteiger partial charge in [-0.1, -0.05) is 135 Å². The molecule has 1 amide bonds. The molecule has 0 N–H and O–H groups in total. The maximum Gasteiger partial charge on any atom is 0.249 e. The summed E-state index contributed by atoms with van der Waals surface area (Å²) in [5.74, 6) is -14.0. The Morgan fingerprint density at radius 3 is 1.67 bits per heavy atom. The summed E-state index contributed by atoms with van der Waals surface area (Å²) in [5, 5.41) is 5.23. The van der Waals surface area contributed by atoms with Crippen molar-refractivity contribution in [2.75, 3.05) is 11.4 Å². The number of anilines is 1. The van der Waals surface area contributed by atoms with E-state index in [4.69, 9.17) is 5.10 Å². The largest absolute Gasteiger partial charge is 0.304 e. The average molecular weight is 879 g/mol. The lowest BCUT2D eigenvalue weighted by atomic mass is 9.77. The molecule has 7 nitrogen and oxygen atoms in total. The minimum absolute atomic E-state index is 0.00833. The van der Waals surface area contributed by atoms with E-state index in [-0.39, 0.29) is 24.2 Å². The molecule has 0 bridgehead atoms. The Hall–Kier alpha value is -6.25. The summed E-state index contributed by atoms with van der Waals surface area (Å²) in [6.45, 7) is -0.751. The van der Waals surface area contributed by atoms with Crippen molar-refractivity contribution in [3.8, 4) is 0 Å². The molecule has 1 unspecified atom stereocenters. The summed E-state index contributed by atoms with van der Waals surface area (Å²) in [6, 6.07) is 37.1. The molecule has 322 valence electrons. The van der Waals surface area contributed by atoms with Crippen LogP contribution in [0.5, 0.6) is 0 Å². The van der Waals surface area contributed by atoms with Crippen LogP contribution in [0.3, 0.4) is 0 Å². The van der Waals surface area contributed by atoms with Crippen molar-refractivity contribution in [2.24, 2.45) is 0 Å². The molecular weight excluding hydrogens is 839 g/mol. The molecule has 2 heterocycles. The molecule has 1 saturated heterocycles. The first-order chi connectivity index (χ1) is 30.4. The summed E-state index contributed by atoms with van der Waals surface area (Å²) in [4.78, 5) is 13.9. The Balaban J connectivity index is 1.20. The maximum absolute atomic E-state index is 18.1.